The van der Waals surface area contributed by atoms with Crippen molar-refractivity contribution in [3.05, 3.63) is 28.8 Å². The van der Waals surface area contributed by atoms with Crippen LogP contribution in [0.3, 0.4) is 0 Å². The average molecular weight is 225 g/mol. The van der Waals surface area contributed by atoms with Crippen molar-refractivity contribution in [1.29, 1.82) is 0 Å². The second-order valence-corrected chi connectivity index (χ2v) is 4.74. The van der Waals surface area contributed by atoms with Gasteiger partial charge in [-0.15, -0.1) is 0 Å². The van der Waals surface area contributed by atoms with E-state index in [1.54, 1.807) is 0 Å². The highest BCUT2D eigenvalue weighted by Gasteiger charge is 2.20. The topological polar surface area (TPSA) is 29.3 Å². The van der Waals surface area contributed by atoms with Gasteiger partial charge in [-0.2, -0.15) is 0 Å². The number of hydrogen-bond donors (Lipinski definition) is 1. The zero-order valence-corrected chi connectivity index (χ0v) is 9.80. The quantitative estimate of drug-likeness (QED) is 0.783. The lowest BCUT2D eigenvalue weighted by Gasteiger charge is -2.21. The van der Waals surface area contributed by atoms with Gasteiger partial charge in [0.15, 0.2) is 0 Å². The van der Waals surface area contributed by atoms with Gasteiger partial charge in [0.2, 0.25) is 0 Å². The number of halogens is 1. The molecule has 2 rings (SSSR count). The van der Waals surface area contributed by atoms with Crippen LogP contribution in [0.15, 0.2) is 18.2 Å². The SMILES string of the molecule is CC1CCCN1Cc1ccc(Cl)cc1N. The first-order chi connectivity index (χ1) is 7.16. The van der Waals surface area contributed by atoms with Gasteiger partial charge in [0, 0.05) is 23.3 Å². The van der Waals surface area contributed by atoms with Gasteiger partial charge in [0.05, 0.1) is 0 Å². The minimum Gasteiger partial charge on any atom is -0.398 e. The van der Waals surface area contributed by atoms with Crippen molar-refractivity contribution in [2.45, 2.75) is 32.4 Å². The lowest BCUT2D eigenvalue weighted by Crippen LogP contribution is -2.26. The van der Waals surface area contributed by atoms with Gasteiger partial charge in [-0.3, -0.25) is 4.90 Å². The van der Waals surface area contributed by atoms with Crippen molar-refractivity contribution >= 4 is 17.3 Å². The summed E-state index contributed by atoms with van der Waals surface area (Å²) in [6, 6.07) is 6.45. The molecular formula is C12H17ClN2. The van der Waals surface area contributed by atoms with Gasteiger partial charge < -0.3 is 5.73 Å². The number of nitrogen functional groups attached to an aromatic ring is 1. The van der Waals surface area contributed by atoms with Crippen LogP contribution in [0, 0.1) is 0 Å². The number of likely N-dealkylation sites (tertiary alicyclic amines) is 1. The highest BCUT2D eigenvalue weighted by molar-refractivity contribution is 6.30. The van der Waals surface area contributed by atoms with Crippen LogP contribution in [0.2, 0.25) is 5.02 Å². The Balaban J connectivity index is 2.10. The average Bonchev–Trinajstić information content (AvgIpc) is 2.57. The molecule has 1 fully saturated rings. The molecule has 1 aliphatic heterocycles. The van der Waals surface area contributed by atoms with Crippen molar-refractivity contribution in [1.82, 2.24) is 4.90 Å². The third kappa shape index (κ3) is 2.44. The molecule has 0 bridgehead atoms. The number of benzene rings is 1. The monoisotopic (exact) mass is 224 g/mol. The van der Waals surface area contributed by atoms with E-state index in [2.05, 4.69) is 11.8 Å². The largest absolute Gasteiger partial charge is 0.398 e. The molecule has 1 aliphatic rings. The van der Waals surface area contributed by atoms with E-state index in [9.17, 15) is 0 Å². The van der Waals surface area contributed by atoms with Gasteiger partial charge in [0.1, 0.15) is 0 Å². The normalized spacial score (nSPS) is 22.1. The van der Waals surface area contributed by atoms with Gasteiger partial charge in [-0.05, 0) is 44.0 Å². The molecule has 0 aromatic heterocycles. The van der Waals surface area contributed by atoms with E-state index in [1.165, 1.54) is 24.9 Å². The molecule has 1 saturated heterocycles. The molecule has 15 heavy (non-hydrogen) atoms. The molecule has 2 nitrogen and oxygen atoms in total. The second-order valence-electron chi connectivity index (χ2n) is 4.30. The van der Waals surface area contributed by atoms with E-state index in [0.29, 0.717) is 11.1 Å². The number of nitrogens with zero attached hydrogens (tertiary/aromatic N) is 1. The maximum absolute atomic E-state index is 5.93. The van der Waals surface area contributed by atoms with Gasteiger partial charge in [0.25, 0.3) is 0 Å². The van der Waals surface area contributed by atoms with Gasteiger partial charge in [-0.25, -0.2) is 0 Å². The summed E-state index contributed by atoms with van der Waals surface area (Å²) in [5, 5.41) is 0.714. The Morgan fingerprint density at radius 3 is 2.93 bits per heavy atom. The van der Waals surface area contributed by atoms with Crippen LogP contribution in [0.25, 0.3) is 0 Å². The Bertz CT molecular complexity index is 351. The summed E-state index contributed by atoms with van der Waals surface area (Å²) in [6.07, 6.45) is 2.60. The molecule has 0 spiro atoms. The fraction of sp³-hybridized carbons (Fsp3) is 0.500. The fourth-order valence-electron chi connectivity index (χ4n) is 2.16. The zero-order valence-electron chi connectivity index (χ0n) is 9.04. The van der Waals surface area contributed by atoms with Crippen LogP contribution in [0.4, 0.5) is 5.69 Å². The van der Waals surface area contributed by atoms with Crippen molar-refractivity contribution in [3.63, 3.8) is 0 Å². The minimum atomic E-state index is 0.681. The molecular weight excluding hydrogens is 208 g/mol. The number of anilines is 1. The molecule has 0 radical (unpaired) electrons. The van der Waals surface area contributed by atoms with E-state index in [0.717, 1.165) is 12.2 Å². The molecule has 1 heterocycles. The zero-order chi connectivity index (χ0) is 10.8. The first kappa shape index (κ1) is 10.8. The smallest absolute Gasteiger partial charge is 0.0426 e. The number of rotatable bonds is 2. The second kappa shape index (κ2) is 4.42. The van der Waals surface area contributed by atoms with Crippen LogP contribution >= 0.6 is 11.6 Å². The number of hydrogen-bond acceptors (Lipinski definition) is 2. The Kier molecular flexibility index (Phi) is 3.17. The lowest BCUT2D eigenvalue weighted by molar-refractivity contribution is 0.261. The Morgan fingerprint density at radius 2 is 2.33 bits per heavy atom. The van der Waals surface area contributed by atoms with Crippen molar-refractivity contribution in [2.24, 2.45) is 0 Å². The molecule has 1 aromatic rings. The molecule has 1 atom stereocenters. The van der Waals surface area contributed by atoms with Crippen LogP contribution in [-0.4, -0.2) is 17.5 Å². The van der Waals surface area contributed by atoms with E-state index >= 15 is 0 Å². The van der Waals surface area contributed by atoms with E-state index in [1.807, 2.05) is 18.2 Å². The molecule has 0 aliphatic carbocycles. The van der Waals surface area contributed by atoms with Crippen molar-refractivity contribution in [3.8, 4) is 0 Å². The summed E-state index contributed by atoms with van der Waals surface area (Å²) in [5.74, 6) is 0. The summed E-state index contributed by atoms with van der Waals surface area (Å²) in [6.45, 7) is 4.41. The molecule has 0 saturated carbocycles. The Morgan fingerprint density at radius 1 is 1.53 bits per heavy atom. The predicted molar refractivity (Wildman–Crippen MR) is 65.0 cm³/mol. The summed E-state index contributed by atoms with van der Waals surface area (Å²) in [5.41, 5.74) is 7.93. The van der Waals surface area contributed by atoms with E-state index in [-0.39, 0.29) is 0 Å². The number of nitrogens with two attached hydrogens (primary N) is 1. The van der Waals surface area contributed by atoms with Gasteiger partial charge >= 0.3 is 0 Å². The van der Waals surface area contributed by atoms with Crippen molar-refractivity contribution in [2.75, 3.05) is 12.3 Å². The summed E-state index contributed by atoms with van der Waals surface area (Å²) in [4.78, 5) is 2.47. The third-order valence-corrected chi connectivity index (χ3v) is 3.41. The summed E-state index contributed by atoms with van der Waals surface area (Å²) < 4.78 is 0. The first-order valence-electron chi connectivity index (χ1n) is 5.45. The van der Waals surface area contributed by atoms with Crippen LogP contribution in [0.1, 0.15) is 25.3 Å². The minimum absolute atomic E-state index is 0.681. The predicted octanol–water partition coefficient (Wildman–Crippen LogP) is 2.91. The molecule has 82 valence electrons. The highest BCUT2D eigenvalue weighted by Crippen LogP contribution is 2.24. The third-order valence-electron chi connectivity index (χ3n) is 3.17. The maximum atomic E-state index is 5.93. The Hall–Kier alpha value is -0.730. The van der Waals surface area contributed by atoms with Gasteiger partial charge in [-0.1, -0.05) is 17.7 Å². The Labute approximate surface area is 96.0 Å². The lowest BCUT2D eigenvalue weighted by atomic mass is 10.1. The fourth-order valence-corrected chi connectivity index (χ4v) is 2.34. The summed E-state index contributed by atoms with van der Waals surface area (Å²) in [7, 11) is 0. The highest BCUT2D eigenvalue weighted by atomic mass is 35.5. The first-order valence-corrected chi connectivity index (χ1v) is 5.82. The molecule has 3 heteroatoms. The van der Waals surface area contributed by atoms with E-state index < -0.39 is 0 Å². The molecule has 1 unspecified atom stereocenters. The molecule has 1 aromatic carbocycles. The van der Waals surface area contributed by atoms with Crippen LogP contribution in [0.5, 0.6) is 0 Å². The molecule has 2 N–H and O–H groups in total. The van der Waals surface area contributed by atoms with Crippen LogP contribution < -0.4 is 5.73 Å². The van der Waals surface area contributed by atoms with Crippen LogP contribution in [-0.2, 0) is 6.54 Å². The van der Waals surface area contributed by atoms with E-state index in [4.69, 9.17) is 17.3 Å². The molecule has 0 amide bonds. The standard InChI is InChI=1S/C12H17ClN2/c1-9-3-2-6-15(9)8-10-4-5-11(13)7-12(10)14/h4-5,7,9H,2-3,6,8,14H2,1H3. The van der Waals surface area contributed by atoms with Crippen molar-refractivity contribution < 1.29 is 0 Å². The maximum Gasteiger partial charge on any atom is 0.0426 e. The summed E-state index contributed by atoms with van der Waals surface area (Å²) >= 11 is 5.87.